The Bertz CT molecular complexity index is 361. The largest absolute Gasteiger partial charge is 0.497 e. The van der Waals surface area contributed by atoms with Gasteiger partial charge < -0.3 is 14.8 Å². The van der Waals surface area contributed by atoms with E-state index in [2.05, 4.69) is 17.4 Å². The Morgan fingerprint density at radius 3 is 2.50 bits per heavy atom. The third kappa shape index (κ3) is 3.37. The summed E-state index contributed by atoms with van der Waals surface area (Å²) in [4.78, 5) is 0. The second-order valence-corrected chi connectivity index (χ2v) is 5.00. The summed E-state index contributed by atoms with van der Waals surface area (Å²) >= 11 is 6.11. The number of methoxy groups -OCH3 is 1. The Morgan fingerprint density at radius 1 is 1.28 bits per heavy atom. The average molecular weight is 270 g/mol. The van der Waals surface area contributed by atoms with Crippen molar-refractivity contribution in [1.82, 2.24) is 5.32 Å². The van der Waals surface area contributed by atoms with Gasteiger partial charge in [0.1, 0.15) is 5.75 Å². The van der Waals surface area contributed by atoms with Crippen molar-refractivity contribution in [3.05, 3.63) is 29.8 Å². The first-order valence-electron chi connectivity index (χ1n) is 6.30. The van der Waals surface area contributed by atoms with Crippen molar-refractivity contribution in [3.63, 3.8) is 0 Å². The summed E-state index contributed by atoms with van der Waals surface area (Å²) in [5.74, 6) is 1.52. The molecule has 1 fully saturated rings. The molecule has 18 heavy (non-hydrogen) atoms. The molecule has 1 saturated heterocycles. The molecule has 0 aliphatic carbocycles. The van der Waals surface area contributed by atoms with Crippen molar-refractivity contribution in [1.29, 1.82) is 0 Å². The molecule has 3 nitrogen and oxygen atoms in total. The number of rotatable bonds is 5. The fraction of sp³-hybridized carbons (Fsp3) is 0.571. The topological polar surface area (TPSA) is 30.5 Å². The van der Waals surface area contributed by atoms with E-state index in [9.17, 15) is 0 Å². The molecule has 0 bridgehead atoms. The van der Waals surface area contributed by atoms with E-state index in [1.54, 1.807) is 7.11 Å². The molecule has 1 aromatic rings. The van der Waals surface area contributed by atoms with E-state index in [0.29, 0.717) is 5.88 Å². The van der Waals surface area contributed by atoms with Gasteiger partial charge in [-0.2, -0.15) is 0 Å². The Hall–Kier alpha value is -0.770. The Labute approximate surface area is 113 Å². The van der Waals surface area contributed by atoms with Crippen LogP contribution in [0.25, 0.3) is 0 Å². The molecule has 0 unspecified atom stereocenters. The average Bonchev–Trinajstić information content (AvgIpc) is 2.47. The van der Waals surface area contributed by atoms with Gasteiger partial charge in [-0.05, 0) is 30.5 Å². The lowest BCUT2D eigenvalue weighted by molar-refractivity contribution is 0.0459. The maximum absolute atomic E-state index is 6.11. The predicted octanol–water partition coefficient (Wildman–Crippen LogP) is 2.57. The van der Waals surface area contributed by atoms with E-state index in [0.717, 1.165) is 38.3 Å². The standard InChI is InChI=1S/C14H20ClNO2/c1-17-13-4-2-12(3-5-13)10-16-14(11-15)6-8-18-9-7-14/h2-5,16H,6-11H2,1H3. The fourth-order valence-corrected chi connectivity index (χ4v) is 2.51. The van der Waals surface area contributed by atoms with Crippen LogP contribution in [-0.2, 0) is 11.3 Å². The molecule has 0 saturated carbocycles. The van der Waals surface area contributed by atoms with Crippen LogP contribution in [0.15, 0.2) is 24.3 Å². The highest BCUT2D eigenvalue weighted by Gasteiger charge is 2.30. The number of hydrogen-bond donors (Lipinski definition) is 1. The highest BCUT2D eigenvalue weighted by molar-refractivity contribution is 6.18. The van der Waals surface area contributed by atoms with Gasteiger partial charge in [0.05, 0.1) is 7.11 Å². The number of ether oxygens (including phenoxy) is 2. The van der Waals surface area contributed by atoms with E-state index in [1.807, 2.05) is 12.1 Å². The molecule has 1 aromatic carbocycles. The SMILES string of the molecule is COc1ccc(CNC2(CCl)CCOCC2)cc1. The van der Waals surface area contributed by atoms with E-state index < -0.39 is 0 Å². The van der Waals surface area contributed by atoms with Gasteiger partial charge in [-0.3, -0.25) is 0 Å². The van der Waals surface area contributed by atoms with Crippen LogP contribution in [0.1, 0.15) is 18.4 Å². The maximum Gasteiger partial charge on any atom is 0.118 e. The molecular formula is C14H20ClNO2. The molecule has 1 aliphatic rings. The summed E-state index contributed by atoms with van der Waals surface area (Å²) in [6.07, 6.45) is 1.96. The Balaban J connectivity index is 1.92. The molecular weight excluding hydrogens is 250 g/mol. The van der Waals surface area contributed by atoms with E-state index in [-0.39, 0.29) is 5.54 Å². The molecule has 0 aromatic heterocycles. The third-order valence-electron chi connectivity index (χ3n) is 3.53. The number of hydrogen-bond acceptors (Lipinski definition) is 3. The number of benzene rings is 1. The van der Waals surface area contributed by atoms with Gasteiger partial charge in [0.2, 0.25) is 0 Å². The van der Waals surface area contributed by atoms with Crippen LogP contribution in [0.4, 0.5) is 0 Å². The van der Waals surface area contributed by atoms with Crippen molar-refractivity contribution < 1.29 is 9.47 Å². The molecule has 1 aliphatic heterocycles. The quantitative estimate of drug-likeness (QED) is 0.834. The maximum atomic E-state index is 6.11. The third-order valence-corrected chi connectivity index (χ3v) is 4.04. The summed E-state index contributed by atoms with van der Waals surface area (Å²) in [5, 5.41) is 3.59. The van der Waals surface area contributed by atoms with Crippen LogP contribution in [0, 0.1) is 0 Å². The molecule has 0 spiro atoms. The van der Waals surface area contributed by atoms with Gasteiger partial charge in [0.15, 0.2) is 0 Å². The van der Waals surface area contributed by atoms with Gasteiger partial charge in [0.25, 0.3) is 0 Å². The lowest BCUT2D eigenvalue weighted by Crippen LogP contribution is -2.50. The molecule has 1 heterocycles. The number of halogens is 1. The summed E-state index contributed by atoms with van der Waals surface area (Å²) < 4.78 is 10.5. The zero-order valence-corrected chi connectivity index (χ0v) is 11.5. The van der Waals surface area contributed by atoms with Crippen LogP contribution in [0.5, 0.6) is 5.75 Å². The van der Waals surface area contributed by atoms with Crippen LogP contribution < -0.4 is 10.1 Å². The number of alkyl halides is 1. The van der Waals surface area contributed by atoms with E-state index in [4.69, 9.17) is 21.1 Å². The summed E-state index contributed by atoms with van der Waals surface area (Å²) in [6.45, 7) is 2.42. The molecule has 0 atom stereocenters. The molecule has 0 radical (unpaired) electrons. The van der Waals surface area contributed by atoms with Crippen molar-refractivity contribution in [2.75, 3.05) is 26.2 Å². The zero-order chi connectivity index (χ0) is 12.8. The molecule has 2 rings (SSSR count). The first-order valence-corrected chi connectivity index (χ1v) is 6.83. The van der Waals surface area contributed by atoms with Gasteiger partial charge in [-0.25, -0.2) is 0 Å². The first-order chi connectivity index (χ1) is 8.78. The second kappa shape index (κ2) is 6.41. The lowest BCUT2D eigenvalue weighted by atomic mass is 9.92. The predicted molar refractivity (Wildman–Crippen MR) is 73.3 cm³/mol. The van der Waals surface area contributed by atoms with Gasteiger partial charge >= 0.3 is 0 Å². The van der Waals surface area contributed by atoms with Crippen LogP contribution in [0.3, 0.4) is 0 Å². The lowest BCUT2D eigenvalue weighted by Gasteiger charge is -2.36. The van der Waals surface area contributed by atoms with Crippen LogP contribution in [0.2, 0.25) is 0 Å². The molecule has 0 amide bonds. The molecule has 1 N–H and O–H groups in total. The molecule has 4 heteroatoms. The monoisotopic (exact) mass is 269 g/mol. The zero-order valence-electron chi connectivity index (χ0n) is 10.7. The van der Waals surface area contributed by atoms with Crippen molar-refractivity contribution in [2.24, 2.45) is 0 Å². The highest BCUT2D eigenvalue weighted by atomic mass is 35.5. The van der Waals surface area contributed by atoms with Crippen LogP contribution in [-0.4, -0.2) is 31.7 Å². The van der Waals surface area contributed by atoms with Crippen molar-refractivity contribution >= 4 is 11.6 Å². The van der Waals surface area contributed by atoms with Crippen molar-refractivity contribution in [3.8, 4) is 5.75 Å². The summed E-state index contributed by atoms with van der Waals surface area (Å²) in [7, 11) is 1.68. The molecule has 100 valence electrons. The Kier molecular flexibility index (Phi) is 4.87. The minimum absolute atomic E-state index is 0.0275. The Morgan fingerprint density at radius 2 is 1.94 bits per heavy atom. The fourth-order valence-electron chi connectivity index (χ4n) is 2.15. The van der Waals surface area contributed by atoms with Gasteiger partial charge in [0, 0.05) is 31.2 Å². The van der Waals surface area contributed by atoms with Crippen molar-refractivity contribution in [2.45, 2.75) is 24.9 Å². The second-order valence-electron chi connectivity index (χ2n) is 4.73. The van der Waals surface area contributed by atoms with E-state index in [1.165, 1.54) is 5.56 Å². The summed E-state index contributed by atoms with van der Waals surface area (Å²) in [6, 6.07) is 8.11. The number of nitrogens with one attached hydrogen (secondary N) is 1. The van der Waals surface area contributed by atoms with Gasteiger partial charge in [-0.15, -0.1) is 11.6 Å². The highest BCUT2D eigenvalue weighted by Crippen LogP contribution is 2.23. The smallest absolute Gasteiger partial charge is 0.118 e. The van der Waals surface area contributed by atoms with Crippen LogP contribution >= 0.6 is 11.6 Å². The minimum atomic E-state index is 0.0275. The van der Waals surface area contributed by atoms with E-state index >= 15 is 0 Å². The first kappa shape index (κ1) is 13.7. The minimum Gasteiger partial charge on any atom is -0.497 e. The summed E-state index contributed by atoms with van der Waals surface area (Å²) in [5.41, 5.74) is 1.27. The normalized spacial score (nSPS) is 18.6. The van der Waals surface area contributed by atoms with Gasteiger partial charge in [-0.1, -0.05) is 12.1 Å².